The van der Waals surface area contributed by atoms with Crippen LogP contribution in [0, 0.1) is 5.82 Å². The normalized spacial score (nSPS) is 17.6. The maximum absolute atomic E-state index is 14.3. The number of aliphatic hydroxyl groups is 1. The first-order valence-electron chi connectivity index (χ1n) is 14.7. The van der Waals surface area contributed by atoms with E-state index in [9.17, 15) is 9.18 Å². The van der Waals surface area contributed by atoms with E-state index in [1.807, 2.05) is 42.5 Å². The smallest absolute Gasteiger partial charge is 0.252 e. The van der Waals surface area contributed by atoms with Gasteiger partial charge in [0.1, 0.15) is 11.6 Å². The number of nitrogens with one attached hydrogen (secondary N) is 1. The minimum atomic E-state index is -1.45. The molecular weight excluding hydrogens is 614 g/mol. The fourth-order valence-corrected chi connectivity index (χ4v) is 5.62. The number of hydrogen-bond acceptors (Lipinski definition) is 5. The van der Waals surface area contributed by atoms with Gasteiger partial charge in [-0.2, -0.15) is 0 Å². The average Bonchev–Trinajstić information content (AvgIpc) is 3.43. The number of benzene rings is 4. The molecule has 1 heterocycles. The lowest BCUT2D eigenvalue weighted by atomic mass is 9.84. The largest absolute Gasteiger partial charge is 0.494 e. The summed E-state index contributed by atoms with van der Waals surface area (Å²) in [7, 11) is 0. The summed E-state index contributed by atoms with van der Waals surface area (Å²) < 4.78 is 26.5. The Hall–Kier alpha value is -4.17. The van der Waals surface area contributed by atoms with Crippen LogP contribution in [0.5, 0.6) is 5.75 Å². The third kappa shape index (κ3) is 7.92. The number of hydrogen-bond donors (Lipinski definition) is 2. The second-order valence-electron chi connectivity index (χ2n) is 10.6. The Bertz CT molecular complexity index is 1660. The molecule has 0 saturated heterocycles. The summed E-state index contributed by atoms with van der Waals surface area (Å²) in [4.78, 5) is 19.3. The number of aliphatic hydroxyl groups excluding tert-OH is 1. The fourth-order valence-electron chi connectivity index (χ4n) is 5.11. The summed E-state index contributed by atoms with van der Waals surface area (Å²) in [5.74, 6) is 0.189. The van der Waals surface area contributed by atoms with Gasteiger partial charge in [0.25, 0.3) is 5.91 Å². The molecule has 0 aromatic heterocycles. The average molecular weight is 648 g/mol. The number of nitrogens with zero attached hydrogens (tertiary/aromatic N) is 1. The van der Waals surface area contributed by atoms with Crippen LogP contribution in [0.25, 0.3) is 6.08 Å². The molecule has 9 heteroatoms. The molecule has 0 fully saturated rings. The zero-order valence-electron chi connectivity index (χ0n) is 24.5. The maximum Gasteiger partial charge on any atom is 0.252 e. The second-order valence-corrected chi connectivity index (χ2v) is 11.4. The molecule has 1 amide bonds. The standard InChI is InChI=1S/C36H33Cl2FN2O4/c37-28-15-18-30(31(38)24-28)33-36(20-6-10-25-8-2-1-3-9-25,35(43)40-21-19-26-11-4-5-12-32(26)39)41-34(45-33)27-13-16-29(17-14-27)44-23-7-22-42/h1-6,8-18,24,33,42H,7,19-23H2,(H,40,43)/b10-6+/t33-,36-/m1/s1. The van der Waals surface area contributed by atoms with Crippen molar-refractivity contribution in [3.05, 3.63) is 141 Å². The van der Waals surface area contributed by atoms with E-state index in [0.717, 1.165) is 5.56 Å². The first-order chi connectivity index (χ1) is 21.9. The van der Waals surface area contributed by atoms with Crippen LogP contribution in [-0.4, -0.2) is 42.2 Å². The number of aliphatic imine (C=N–C) groups is 1. The highest BCUT2D eigenvalue weighted by Crippen LogP contribution is 2.45. The Labute approximate surface area is 272 Å². The van der Waals surface area contributed by atoms with Gasteiger partial charge in [-0.25, -0.2) is 9.38 Å². The summed E-state index contributed by atoms with van der Waals surface area (Å²) in [5.41, 5.74) is 1.22. The Morgan fingerprint density at radius 1 is 1.02 bits per heavy atom. The summed E-state index contributed by atoms with van der Waals surface area (Å²) >= 11 is 12.9. The van der Waals surface area contributed by atoms with Gasteiger partial charge in [0.05, 0.1) is 6.61 Å². The van der Waals surface area contributed by atoms with Crippen molar-refractivity contribution in [3.63, 3.8) is 0 Å². The van der Waals surface area contributed by atoms with Gasteiger partial charge in [0.15, 0.2) is 11.6 Å². The molecule has 6 nitrogen and oxygen atoms in total. The van der Waals surface area contributed by atoms with Gasteiger partial charge >= 0.3 is 0 Å². The molecule has 0 unspecified atom stereocenters. The SMILES string of the molecule is O=C(NCCc1ccccc1F)[C@]1(C/C=C/c2ccccc2)N=C(c2ccc(OCCCO)cc2)O[C@@H]1c1ccc(Cl)cc1Cl. The lowest BCUT2D eigenvalue weighted by Gasteiger charge is -2.30. The molecule has 0 radical (unpaired) electrons. The van der Waals surface area contributed by atoms with E-state index in [4.69, 9.17) is 42.8 Å². The minimum Gasteiger partial charge on any atom is -0.494 e. The molecule has 0 aliphatic carbocycles. The van der Waals surface area contributed by atoms with E-state index in [-0.39, 0.29) is 37.2 Å². The van der Waals surface area contributed by atoms with Crippen molar-refractivity contribution in [2.75, 3.05) is 19.8 Å². The van der Waals surface area contributed by atoms with Crippen molar-refractivity contribution in [3.8, 4) is 5.75 Å². The van der Waals surface area contributed by atoms with Gasteiger partial charge in [0.2, 0.25) is 5.90 Å². The predicted molar refractivity (Wildman–Crippen MR) is 176 cm³/mol. The predicted octanol–water partition coefficient (Wildman–Crippen LogP) is 7.61. The molecule has 232 valence electrons. The molecule has 1 aliphatic heterocycles. The molecule has 1 aliphatic rings. The number of amides is 1. The zero-order chi connectivity index (χ0) is 31.6. The minimum absolute atomic E-state index is 0.0422. The molecule has 2 atom stereocenters. The van der Waals surface area contributed by atoms with Crippen molar-refractivity contribution in [2.24, 2.45) is 4.99 Å². The number of carbonyl (C=O) groups is 1. The van der Waals surface area contributed by atoms with Crippen LogP contribution in [-0.2, 0) is 16.0 Å². The Balaban J connectivity index is 1.51. The highest BCUT2D eigenvalue weighted by molar-refractivity contribution is 6.35. The number of halogens is 3. The number of carbonyl (C=O) groups excluding carboxylic acids is 1. The van der Waals surface area contributed by atoms with Crippen LogP contribution in [0.1, 0.15) is 41.2 Å². The highest BCUT2D eigenvalue weighted by atomic mass is 35.5. The van der Waals surface area contributed by atoms with Gasteiger partial charge in [-0.05, 0) is 60.0 Å². The van der Waals surface area contributed by atoms with Crippen molar-refractivity contribution >= 4 is 41.1 Å². The Morgan fingerprint density at radius 3 is 2.51 bits per heavy atom. The molecule has 0 saturated carbocycles. The van der Waals surface area contributed by atoms with Crippen molar-refractivity contribution < 1.29 is 23.8 Å². The van der Waals surface area contributed by atoms with Crippen LogP contribution in [0.4, 0.5) is 4.39 Å². The Kier molecular flexibility index (Phi) is 10.9. The lowest BCUT2D eigenvalue weighted by molar-refractivity contribution is -0.128. The summed E-state index contributed by atoms with van der Waals surface area (Å²) in [5, 5.41) is 12.8. The highest BCUT2D eigenvalue weighted by Gasteiger charge is 2.53. The molecule has 45 heavy (non-hydrogen) atoms. The van der Waals surface area contributed by atoms with E-state index >= 15 is 0 Å². The van der Waals surface area contributed by atoms with Crippen LogP contribution < -0.4 is 10.1 Å². The van der Waals surface area contributed by atoms with Gasteiger partial charge in [0, 0.05) is 47.2 Å². The van der Waals surface area contributed by atoms with Crippen LogP contribution in [0.15, 0.2) is 108 Å². The molecule has 5 rings (SSSR count). The monoisotopic (exact) mass is 646 g/mol. The summed E-state index contributed by atoms with van der Waals surface area (Å²) in [6.07, 6.45) is 3.94. The van der Waals surface area contributed by atoms with Crippen molar-refractivity contribution in [1.29, 1.82) is 0 Å². The lowest BCUT2D eigenvalue weighted by Crippen LogP contribution is -2.48. The first kappa shape index (κ1) is 32.2. The van der Waals surface area contributed by atoms with Crippen LogP contribution in [0.2, 0.25) is 10.0 Å². The third-order valence-electron chi connectivity index (χ3n) is 7.45. The molecule has 4 aromatic carbocycles. The summed E-state index contributed by atoms with van der Waals surface area (Å²) in [6, 6.07) is 28.5. The quantitative estimate of drug-likeness (QED) is 0.147. The van der Waals surface area contributed by atoms with Gasteiger partial charge in [-0.1, -0.05) is 90.0 Å². The van der Waals surface area contributed by atoms with Crippen molar-refractivity contribution in [1.82, 2.24) is 5.32 Å². The van der Waals surface area contributed by atoms with E-state index in [1.165, 1.54) is 6.07 Å². The van der Waals surface area contributed by atoms with E-state index in [1.54, 1.807) is 60.7 Å². The molecule has 2 N–H and O–H groups in total. The molecule has 4 aromatic rings. The molecular formula is C36H33Cl2FN2O4. The topological polar surface area (TPSA) is 80.2 Å². The van der Waals surface area contributed by atoms with Gasteiger partial charge in [-0.3, -0.25) is 4.79 Å². The van der Waals surface area contributed by atoms with Crippen LogP contribution >= 0.6 is 23.2 Å². The maximum atomic E-state index is 14.3. The Morgan fingerprint density at radius 2 is 1.78 bits per heavy atom. The van der Waals surface area contributed by atoms with Gasteiger partial charge in [-0.15, -0.1) is 0 Å². The number of ether oxygens (including phenoxy) is 2. The second kappa shape index (κ2) is 15.2. The number of rotatable bonds is 13. The van der Waals surface area contributed by atoms with Crippen LogP contribution in [0.3, 0.4) is 0 Å². The van der Waals surface area contributed by atoms with E-state index < -0.39 is 11.6 Å². The third-order valence-corrected chi connectivity index (χ3v) is 8.01. The molecule has 0 bridgehead atoms. The van der Waals surface area contributed by atoms with Gasteiger partial charge < -0.3 is 19.9 Å². The van der Waals surface area contributed by atoms with E-state index in [0.29, 0.717) is 51.9 Å². The van der Waals surface area contributed by atoms with E-state index in [2.05, 4.69) is 5.32 Å². The summed E-state index contributed by atoms with van der Waals surface area (Å²) in [6.45, 7) is 0.616. The fraction of sp³-hybridized carbons (Fsp3) is 0.222. The zero-order valence-corrected chi connectivity index (χ0v) is 26.0. The first-order valence-corrected chi connectivity index (χ1v) is 15.4. The molecule has 0 spiro atoms. The van der Waals surface area contributed by atoms with Crippen molar-refractivity contribution in [2.45, 2.75) is 30.9 Å².